The third-order valence-corrected chi connectivity index (χ3v) is 14.4. The highest BCUT2D eigenvalue weighted by Crippen LogP contribution is 2.74. The van der Waals surface area contributed by atoms with Crippen molar-refractivity contribution < 1.29 is 23.9 Å². The van der Waals surface area contributed by atoms with Crippen molar-refractivity contribution in [1.82, 2.24) is 5.32 Å². The van der Waals surface area contributed by atoms with Crippen molar-refractivity contribution in [3.63, 3.8) is 0 Å². The Morgan fingerprint density at radius 2 is 1.65 bits per heavy atom. The molecule has 7 heteroatoms. The second-order valence-electron chi connectivity index (χ2n) is 17.7. The second kappa shape index (κ2) is 11.3. The van der Waals surface area contributed by atoms with Crippen molar-refractivity contribution in [3.05, 3.63) is 59.2 Å². The predicted molar refractivity (Wildman–Crippen MR) is 183 cm³/mol. The molecule has 3 saturated carbocycles. The van der Waals surface area contributed by atoms with Crippen LogP contribution in [-0.2, 0) is 30.3 Å². The zero-order chi connectivity index (χ0) is 35.1. The number of rotatable bonds is 5. The molecule has 1 aromatic carbocycles. The lowest BCUT2D eigenvalue weighted by Gasteiger charge is -2.69. The Morgan fingerprint density at radius 1 is 0.979 bits per heavy atom. The van der Waals surface area contributed by atoms with Gasteiger partial charge in [-0.25, -0.2) is 4.79 Å². The van der Waals surface area contributed by atoms with Gasteiger partial charge in [-0.1, -0.05) is 90.4 Å². The Kier molecular flexibility index (Phi) is 8.05. The van der Waals surface area contributed by atoms with Crippen molar-refractivity contribution in [3.8, 4) is 6.07 Å². The molecule has 0 spiro atoms. The minimum absolute atomic E-state index is 0.0242. The Hall–Kier alpha value is -3.53. The number of esters is 1. The van der Waals surface area contributed by atoms with Crippen molar-refractivity contribution in [2.24, 2.45) is 50.2 Å². The number of Topliss-reactive ketones (excluding diaryl/α,β-unsaturated/α-hetero) is 1. The van der Waals surface area contributed by atoms with E-state index in [1.54, 1.807) is 0 Å². The lowest BCUT2D eigenvalue weighted by molar-refractivity contribution is -0.179. The first-order valence-electron chi connectivity index (χ1n) is 17.8. The molecule has 0 radical (unpaired) electrons. The molecule has 256 valence electrons. The van der Waals surface area contributed by atoms with Gasteiger partial charge in [0.05, 0.1) is 18.1 Å². The Labute approximate surface area is 285 Å². The number of allylic oxidation sites excluding steroid dienone is 4. The van der Waals surface area contributed by atoms with Crippen LogP contribution in [0.25, 0.3) is 0 Å². The number of fused-ring (bicyclic) bond motifs is 7. The fraction of sp³-hybridized carbons (Fsp3) is 0.634. The van der Waals surface area contributed by atoms with E-state index in [9.17, 15) is 24.4 Å². The molecule has 0 aromatic heterocycles. The first-order chi connectivity index (χ1) is 22.4. The second-order valence-corrected chi connectivity index (χ2v) is 17.7. The summed E-state index contributed by atoms with van der Waals surface area (Å²) in [6.07, 6.45) is 9.31. The smallest absolute Gasteiger partial charge is 0.328 e. The number of amides is 1. The topological polar surface area (TPSA) is 113 Å². The molecule has 0 heterocycles. The van der Waals surface area contributed by atoms with Gasteiger partial charge in [0.2, 0.25) is 5.91 Å². The van der Waals surface area contributed by atoms with Crippen molar-refractivity contribution in [1.29, 1.82) is 5.26 Å². The Bertz CT molecular complexity index is 1660. The molecule has 48 heavy (non-hydrogen) atoms. The van der Waals surface area contributed by atoms with E-state index in [-0.39, 0.29) is 51.6 Å². The van der Waals surface area contributed by atoms with Crippen LogP contribution < -0.4 is 5.32 Å². The van der Waals surface area contributed by atoms with Crippen LogP contribution in [0.15, 0.2) is 53.6 Å². The number of nitrogens with one attached hydrogen (secondary N) is 1. The maximum Gasteiger partial charge on any atom is 0.328 e. The summed E-state index contributed by atoms with van der Waals surface area (Å²) in [5.74, 6) is -1.27. The summed E-state index contributed by atoms with van der Waals surface area (Å²) in [5, 5.41) is 13.2. The van der Waals surface area contributed by atoms with Crippen LogP contribution in [0.1, 0.15) is 99.0 Å². The third-order valence-electron chi connectivity index (χ3n) is 14.4. The molecule has 5 aliphatic rings. The Morgan fingerprint density at radius 3 is 2.29 bits per heavy atom. The molecule has 6 rings (SSSR count). The maximum atomic E-state index is 14.8. The minimum Gasteiger partial charge on any atom is -0.467 e. The molecule has 1 aromatic rings. The lowest BCUT2D eigenvalue weighted by Crippen LogP contribution is -2.67. The summed E-state index contributed by atoms with van der Waals surface area (Å²) >= 11 is 0. The molecular formula is C41H52N2O5. The van der Waals surface area contributed by atoms with Crippen LogP contribution in [0.2, 0.25) is 0 Å². The summed E-state index contributed by atoms with van der Waals surface area (Å²) in [5.41, 5.74) is -0.792. The van der Waals surface area contributed by atoms with Gasteiger partial charge in [-0.2, -0.15) is 5.26 Å². The van der Waals surface area contributed by atoms with E-state index in [1.807, 2.05) is 56.3 Å². The average molecular weight is 653 g/mol. The quantitative estimate of drug-likeness (QED) is 0.340. The average Bonchev–Trinajstić information content (AvgIpc) is 3.03. The number of methoxy groups -OCH3 is 1. The number of carbonyl (C=O) groups is 4. The number of carbonyl (C=O) groups excluding carboxylic acids is 4. The van der Waals surface area contributed by atoms with Gasteiger partial charge in [0.1, 0.15) is 12.1 Å². The molecule has 1 unspecified atom stereocenters. The molecule has 1 N–H and O–H groups in total. The normalized spacial score (nSPS) is 38.4. The van der Waals surface area contributed by atoms with E-state index in [0.29, 0.717) is 25.7 Å². The van der Waals surface area contributed by atoms with Gasteiger partial charge in [0.25, 0.3) is 0 Å². The van der Waals surface area contributed by atoms with Gasteiger partial charge in [-0.15, -0.1) is 0 Å². The summed E-state index contributed by atoms with van der Waals surface area (Å²) < 4.78 is 5.16. The molecule has 5 aliphatic carbocycles. The minimum atomic E-state index is -0.831. The van der Waals surface area contributed by atoms with E-state index in [0.717, 1.165) is 36.8 Å². The molecule has 0 aliphatic heterocycles. The van der Waals surface area contributed by atoms with Gasteiger partial charge in [0.15, 0.2) is 11.6 Å². The predicted octanol–water partition coefficient (Wildman–Crippen LogP) is 7.11. The largest absolute Gasteiger partial charge is 0.467 e. The van der Waals surface area contributed by atoms with Gasteiger partial charge < -0.3 is 10.1 Å². The van der Waals surface area contributed by atoms with E-state index in [1.165, 1.54) is 7.11 Å². The van der Waals surface area contributed by atoms with Crippen LogP contribution in [0.5, 0.6) is 0 Å². The summed E-state index contributed by atoms with van der Waals surface area (Å²) in [6, 6.07) is 11.0. The first-order valence-corrected chi connectivity index (χ1v) is 17.8. The fourth-order valence-corrected chi connectivity index (χ4v) is 11.5. The zero-order valence-electron chi connectivity index (χ0n) is 30.0. The number of nitrogens with zero attached hydrogens (tertiary/aromatic N) is 1. The molecule has 0 bridgehead atoms. The molecular weight excluding hydrogens is 600 g/mol. The van der Waals surface area contributed by atoms with E-state index in [4.69, 9.17) is 4.74 Å². The van der Waals surface area contributed by atoms with Crippen LogP contribution in [0.3, 0.4) is 0 Å². The molecule has 0 saturated heterocycles. The number of hydrogen-bond acceptors (Lipinski definition) is 6. The SMILES string of the molecule is COC(=O)C(Cc1ccccc1)NC(=O)[C@]12CCC(C)(C)C[C@H]1[C@H]1C(=O)C=C3[C@@]4(C)C=C(C#N)C(=O)C(C)(C)[C@@H]4CC[C@@]3(C)[C@]1(C)CC2. The summed E-state index contributed by atoms with van der Waals surface area (Å²) in [4.78, 5) is 56.0. The zero-order valence-corrected chi connectivity index (χ0v) is 30.0. The van der Waals surface area contributed by atoms with Crippen LogP contribution >= 0.6 is 0 Å². The molecule has 7 nitrogen and oxygen atoms in total. The third kappa shape index (κ3) is 4.79. The van der Waals surface area contributed by atoms with Crippen LogP contribution in [-0.4, -0.2) is 36.6 Å². The van der Waals surface area contributed by atoms with E-state index in [2.05, 4.69) is 46.0 Å². The number of hydrogen-bond donors (Lipinski definition) is 1. The summed E-state index contributed by atoms with van der Waals surface area (Å²) in [7, 11) is 1.35. The van der Waals surface area contributed by atoms with E-state index < -0.39 is 33.7 Å². The van der Waals surface area contributed by atoms with Crippen molar-refractivity contribution in [2.75, 3.05) is 7.11 Å². The monoisotopic (exact) mass is 652 g/mol. The molecule has 1 amide bonds. The summed E-state index contributed by atoms with van der Waals surface area (Å²) in [6.45, 7) is 15.1. The fourth-order valence-electron chi connectivity index (χ4n) is 11.5. The number of ether oxygens (including phenoxy) is 1. The van der Waals surface area contributed by atoms with Gasteiger partial charge in [0, 0.05) is 23.2 Å². The number of nitriles is 1. The van der Waals surface area contributed by atoms with Crippen LogP contribution in [0.4, 0.5) is 0 Å². The first kappa shape index (κ1) is 34.3. The molecule has 3 fully saturated rings. The van der Waals surface area contributed by atoms with Crippen LogP contribution in [0, 0.1) is 61.6 Å². The number of benzene rings is 1. The standard InChI is InChI=1S/C41H52N2O5/c1-36(2)16-18-41(35(47)43-28(34(46)48-8)20-25-12-10-9-11-13-25)19-17-40(7)32(27(41)23-36)29(44)21-31-38(5)22-26(24-42)33(45)37(3,4)30(38)14-15-39(31,40)6/h9-13,21-22,27-28,30,32H,14-20,23H2,1-8H3,(H,43,47)/t27-,28?,30-,32-,38-,39+,40+,41-/m0/s1. The van der Waals surface area contributed by atoms with E-state index >= 15 is 0 Å². The Balaban J connectivity index is 1.43. The van der Waals surface area contributed by atoms with Crippen molar-refractivity contribution >= 4 is 23.4 Å². The van der Waals surface area contributed by atoms with Gasteiger partial charge >= 0.3 is 5.97 Å². The highest BCUT2D eigenvalue weighted by Gasteiger charge is 2.71. The lowest BCUT2D eigenvalue weighted by atomic mass is 9.34. The van der Waals surface area contributed by atoms with Gasteiger partial charge in [-0.05, 0) is 84.7 Å². The number of ketones is 2. The van der Waals surface area contributed by atoms with Crippen molar-refractivity contribution in [2.45, 2.75) is 106 Å². The van der Waals surface area contributed by atoms with Gasteiger partial charge in [-0.3, -0.25) is 14.4 Å². The highest BCUT2D eigenvalue weighted by atomic mass is 16.5. The maximum absolute atomic E-state index is 14.8. The highest BCUT2D eigenvalue weighted by molar-refractivity contribution is 6.04. The molecule has 8 atom stereocenters.